The first kappa shape index (κ1) is 14.7. The zero-order valence-corrected chi connectivity index (χ0v) is 10.6. The van der Waals surface area contributed by atoms with Crippen LogP contribution in [0, 0.1) is 0 Å². The number of carboxylic acids is 1. The minimum absolute atomic E-state index is 0.120. The molecule has 19 heavy (non-hydrogen) atoms. The summed E-state index contributed by atoms with van der Waals surface area (Å²) in [7, 11) is 0. The molecule has 0 aliphatic heterocycles. The fourth-order valence-electron chi connectivity index (χ4n) is 1.36. The third-order valence-electron chi connectivity index (χ3n) is 2.31. The third kappa shape index (κ3) is 5.67. The molecule has 1 aromatic heterocycles. The van der Waals surface area contributed by atoms with Gasteiger partial charge in [-0.1, -0.05) is 6.08 Å². The number of carboxylic acid groups (broad SMARTS) is 1. The van der Waals surface area contributed by atoms with E-state index in [9.17, 15) is 9.59 Å². The Kier molecular flexibility index (Phi) is 6.08. The van der Waals surface area contributed by atoms with Gasteiger partial charge in [0, 0.05) is 25.7 Å². The molecule has 1 amide bonds. The fraction of sp³-hybridized carbons (Fsp3) is 0.308. The molecule has 0 spiro atoms. The number of pyridine rings is 1. The number of hydrogen-bond acceptors (Lipinski definition) is 4. The summed E-state index contributed by atoms with van der Waals surface area (Å²) in [4.78, 5) is 26.0. The number of carbonyl (C=O) groups is 2. The molecule has 0 saturated carbocycles. The molecule has 6 heteroatoms. The van der Waals surface area contributed by atoms with Crippen LogP contribution >= 0.6 is 0 Å². The first-order chi connectivity index (χ1) is 9.13. The van der Waals surface area contributed by atoms with Gasteiger partial charge in [-0.15, -0.1) is 6.58 Å². The molecule has 0 bridgehead atoms. The highest BCUT2D eigenvalue weighted by Crippen LogP contribution is 2.05. The van der Waals surface area contributed by atoms with Crippen molar-refractivity contribution in [3.63, 3.8) is 0 Å². The lowest BCUT2D eigenvalue weighted by atomic mass is 10.2. The number of nitrogens with one attached hydrogen (secondary N) is 2. The van der Waals surface area contributed by atoms with Crippen LogP contribution in [0.1, 0.15) is 23.2 Å². The largest absolute Gasteiger partial charge is 0.481 e. The number of nitrogens with zero attached hydrogens (tertiary/aromatic N) is 1. The molecule has 0 aliphatic rings. The van der Waals surface area contributed by atoms with Crippen molar-refractivity contribution < 1.29 is 14.7 Å². The van der Waals surface area contributed by atoms with E-state index in [0.29, 0.717) is 30.9 Å². The van der Waals surface area contributed by atoms with Gasteiger partial charge >= 0.3 is 5.97 Å². The lowest BCUT2D eigenvalue weighted by Gasteiger charge is -2.06. The number of amides is 1. The molecule has 0 radical (unpaired) electrons. The number of anilines is 1. The number of hydrogen-bond donors (Lipinski definition) is 3. The first-order valence-electron chi connectivity index (χ1n) is 5.94. The summed E-state index contributed by atoms with van der Waals surface area (Å²) in [6.07, 6.45) is 3.72. The van der Waals surface area contributed by atoms with E-state index in [1.54, 1.807) is 18.2 Å². The highest BCUT2D eigenvalue weighted by atomic mass is 16.4. The van der Waals surface area contributed by atoms with E-state index in [-0.39, 0.29) is 12.3 Å². The number of aromatic nitrogens is 1. The molecule has 1 aromatic rings. The van der Waals surface area contributed by atoms with Gasteiger partial charge in [0.2, 0.25) is 0 Å². The quantitative estimate of drug-likeness (QED) is 0.485. The van der Waals surface area contributed by atoms with Crippen molar-refractivity contribution >= 4 is 17.7 Å². The van der Waals surface area contributed by atoms with Gasteiger partial charge in [0.25, 0.3) is 5.91 Å². The van der Waals surface area contributed by atoms with Crippen molar-refractivity contribution in [1.29, 1.82) is 0 Å². The highest BCUT2D eigenvalue weighted by molar-refractivity contribution is 5.94. The zero-order valence-electron chi connectivity index (χ0n) is 10.6. The van der Waals surface area contributed by atoms with E-state index in [1.807, 2.05) is 0 Å². The van der Waals surface area contributed by atoms with E-state index in [2.05, 4.69) is 22.2 Å². The second kappa shape index (κ2) is 7.86. The van der Waals surface area contributed by atoms with E-state index in [1.165, 1.54) is 6.20 Å². The Bertz CT molecular complexity index is 443. The summed E-state index contributed by atoms with van der Waals surface area (Å²) >= 11 is 0. The van der Waals surface area contributed by atoms with Crippen molar-refractivity contribution in [2.24, 2.45) is 0 Å². The van der Waals surface area contributed by atoms with E-state index < -0.39 is 5.97 Å². The van der Waals surface area contributed by atoms with Crippen LogP contribution in [0.2, 0.25) is 0 Å². The highest BCUT2D eigenvalue weighted by Gasteiger charge is 2.04. The molecule has 0 fully saturated rings. The van der Waals surface area contributed by atoms with Crippen LogP contribution in [0.5, 0.6) is 0 Å². The predicted octanol–water partition coefficient (Wildman–Crippen LogP) is 1.27. The average molecular weight is 263 g/mol. The van der Waals surface area contributed by atoms with Gasteiger partial charge in [0.15, 0.2) is 0 Å². The monoisotopic (exact) mass is 263 g/mol. The molecular weight excluding hydrogens is 246 g/mol. The molecule has 102 valence electrons. The lowest BCUT2D eigenvalue weighted by Crippen LogP contribution is -2.23. The van der Waals surface area contributed by atoms with Crippen LogP contribution in [0.25, 0.3) is 0 Å². The Morgan fingerprint density at radius 2 is 2.21 bits per heavy atom. The molecule has 1 rings (SSSR count). The van der Waals surface area contributed by atoms with Crippen LogP contribution in [-0.2, 0) is 4.79 Å². The average Bonchev–Trinajstić information content (AvgIpc) is 2.41. The van der Waals surface area contributed by atoms with Gasteiger partial charge in [-0.3, -0.25) is 9.59 Å². The van der Waals surface area contributed by atoms with Crippen LogP contribution in [0.15, 0.2) is 31.0 Å². The first-order valence-corrected chi connectivity index (χ1v) is 5.94. The molecule has 0 saturated heterocycles. The standard InChI is InChI=1S/C13H17N3O3/c1-2-7-15-13(19)10-5-6-11(16-9-10)14-8-3-4-12(17)18/h2,5-6,9H,1,3-4,7-8H2,(H,14,16)(H,15,19)(H,17,18). The Morgan fingerprint density at radius 3 is 2.79 bits per heavy atom. The maximum atomic E-state index is 11.6. The minimum Gasteiger partial charge on any atom is -0.481 e. The van der Waals surface area contributed by atoms with Crippen LogP contribution in [-0.4, -0.2) is 35.1 Å². The summed E-state index contributed by atoms with van der Waals surface area (Å²) in [5.74, 6) is -0.403. The van der Waals surface area contributed by atoms with Crippen LogP contribution in [0.4, 0.5) is 5.82 Å². The maximum Gasteiger partial charge on any atom is 0.303 e. The second-order valence-electron chi connectivity index (χ2n) is 3.85. The molecule has 0 atom stereocenters. The van der Waals surface area contributed by atoms with Crippen molar-refractivity contribution in [3.8, 4) is 0 Å². The van der Waals surface area contributed by atoms with Gasteiger partial charge in [0.1, 0.15) is 5.82 Å². The van der Waals surface area contributed by atoms with E-state index in [4.69, 9.17) is 5.11 Å². The number of rotatable bonds is 8. The molecular formula is C13H17N3O3. The topological polar surface area (TPSA) is 91.3 Å². The Labute approximate surface area is 111 Å². The van der Waals surface area contributed by atoms with Gasteiger partial charge in [-0.25, -0.2) is 4.98 Å². The molecule has 0 aromatic carbocycles. The Hall–Kier alpha value is -2.37. The fourth-order valence-corrected chi connectivity index (χ4v) is 1.36. The summed E-state index contributed by atoms with van der Waals surface area (Å²) in [6, 6.07) is 3.34. The molecule has 1 heterocycles. The van der Waals surface area contributed by atoms with Crippen LogP contribution in [0.3, 0.4) is 0 Å². The van der Waals surface area contributed by atoms with E-state index in [0.717, 1.165) is 0 Å². The van der Waals surface area contributed by atoms with Gasteiger partial charge < -0.3 is 15.7 Å². The third-order valence-corrected chi connectivity index (χ3v) is 2.31. The number of aliphatic carboxylic acids is 1. The summed E-state index contributed by atoms with van der Waals surface area (Å²) < 4.78 is 0. The summed E-state index contributed by atoms with van der Waals surface area (Å²) in [5.41, 5.74) is 0.470. The SMILES string of the molecule is C=CCNC(=O)c1ccc(NCCCC(=O)O)nc1. The van der Waals surface area contributed by atoms with Crippen LogP contribution < -0.4 is 10.6 Å². The van der Waals surface area contributed by atoms with Gasteiger partial charge in [0.05, 0.1) is 5.56 Å². The molecule has 0 aliphatic carbocycles. The molecule has 3 N–H and O–H groups in total. The Morgan fingerprint density at radius 1 is 1.42 bits per heavy atom. The maximum absolute atomic E-state index is 11.6. The van der Waals surface area contributed by atoms with Gasteiger partial charge in [-0.05, 0) is 18.6 Å². The van der Waals surface area contributed by atoms with Crippen molar-refractivity contribution in [1.82, 2.24) is 10.3 Å². The Balaban J connectivity index is 2.40. The van der Waals surface area contributed by atoms with Gasteiger partial charge in [-0.2, -0.15) is 0 Å². The smallest absolute Gasteiger partial charge is 0.303 e. The van der Waals surface area contributed by atoms with Crippen molar-refractivity contribution in [2.45, 2.75) is 12.8 Å². The molecule has 6 nitrogen and oxygen atoms in total. The zero-order chi connectivity index (χ0) is 14.1. The summed E-state index contributed by atoms with van der Waals surface area (Å²) in [6.45, 7) is 4.45. The van der Waals surface area contributed by atoms with E-state index >= 15 is 0 Å². The second-order valence-corrected chi connectivity index (χ2v) is 3.85. The normalized spacial score (nSPS) is 9.68. The summed E-state index contributed by atoms with van der Waals surface area (Å²) in [5, 5.41) is 14.1. The number of carbonyl (C=O) groups excluding carboxylic acids is 1. The van der Waals surface area contributed by atoms with Crippen molar-refractivity contribution in [2.75, 3.05) is 18.4 Å². The lowest BCUT2D eigenvalue weighted by molar-refractivity contribution is -0.137. The molecule has 0 unspecified atom stereocenters. The predicted molar refractivity (Wildman–Crippen MR) is 72.1 cm³/mol. The minimum atomic E-state index is -0.816. The van der Waals surface area contributed by atoms with Crippen molar-refractivity contribution in [3.05, 3.63) is 36.5 Å².